The van der Waals surface area contributed by atoms with Crippen molar-refractivity contribution in [2.24, 2.45) is 7.05 Å². The number of aromatic nitrogens is 2. The molecule has 0 saturated heterocycles. The van der Waals surface area contributed by atoms with Crippen LogP contribution in [0.5, 0.6) is 0 Å². The van der Waals surface area contributed by atoms with Crippen LogP contribution in [-0.2, 0) is 12.8 Å². The Kier molecular flexibility index (Phi) is 3.69. The van der Waals surface area contributed by atoms with E-state index in [1.807, 2.05) is 19.3 Å². The van der Waals surface area contributed by atoms with E-state index < -0.39 is 0 Å². The maximum atomic E-state index is 4.44. The summed E-state index contributed by atoms with van der Waals surface area (Å²) in [7, 11) is 2.03. The molecule has 2 aromatic rings. The fourth-order valence-corrected chi connectivity index (χ4v) is 2.99. The lowest BCUT2D eigenvalue weighted by Crippen LogP contribution is -1.89. The first-order valence-corrected chi connectivity index (χ1v) is 6.68. The van der Waals surface area contributed by atoms with E-state index in [1.54, 1.807) is 11.8 Å². The SMILES string of the molecule is Cn1cc(I)nc1SCc1ccccc1. The minimum Gasteiger partial charge on any atom is -0.328 e. The van der Waals surface area contributed by atoms with Gasteiger partial charge in [0.1, 0.15) is 3.70 Å². The Labute approximate surface area is 107 Å². The lowest BCUT2D eigenvalue weighted by atomic mass is 10.2. The first kappa shape index (κ1) is 11.0. The molecule has 4 heteroatoms. The van der Waals surface area contributed by atoms with E-state index in [2.05, 4.69) is 56.4 Å². The van der Waals surface area contributed by atoms with Gasteiger partial charge in [0.15, 0.2) is 5.16 Å². The molecule has 0 spiro atoms. The van der Waals surface area contributed by atoms with E-state index in [-0.39, 0.29) is 0 Å². The van der Waals surface area contributed by atoms with E-state index in [0.717, 1.165) is 14.6 Å². The Morgan fingerprint density at radius 3 is 2.67 bits per heavy atom. The zero-order chi connectivity index (χ0) is 10.7. The van der Waals surface area contributed by atoms with Gasteiger partial charge in [-0.05, 0) is 28.2 Å². The molecule has 1 aromatic carbocycles. The predicted molar refractivity (Wildman–Crippen MR) is 71.9 cm³/mol. The summed E-state index contributed by atoms with van der Waals surface area (Å²) in [6.07, 6.45) is 2.04. The summed E-state index contributed by atoms with van der Waals surface area (Å²) in [6.45, 7) is 0. The maximum Gasteiger partial charge on any atom is 0.169 e. The summed E-state index contributed by atoms with van der Waals surface area (Å²) in [5.41, 5.74) is 1.33. The van der Waals surface area contributed by atoms with Crippen LogP contribution in [0.4, 0.5) is 0 Å². The van der Waals surface area contributed by atoms with Crippen LogP contribution in [0.2, 0.25) is 0 Å². The molecule has 78 valence electrons. The summed E-state index contributed by atoms with van der Waals surface area (Å²) in [4.78, 5) is 4.44. The highest BCUT2D eigenvalue weighted by atomic mass is 127. The van der Waals surface area contributed by atoms with Gasteiger partial charge in [0, 0.05) is 19.0 Å². The number of thioether (sulfide) groups is 1. The number of halogens is 1. The van der Waals surface area contributed by atoms with E-state index in [1.165, 1.54) is 5.56 Å². The van der Waals surface area contributed by atoms with Crippen molar-refractivity contribution in [3.05, 3.63) is 45.8 Å². The smallest absolute Gasteiger partial charge is 0.169 e. The van der Waals surface area contributed by atoms with Crippen molar-refractivity contribution in [1.82, 2.24) is 9.55 Å². The minimum atomic E-state index is 0.974. The van der Waals surface area contributed by atoms with Gasteiger partial charge >= 0.3 is 0 Å². The van der Waals surface area contributed by atoms with E-state index >= 15 is 0 Å². The number of nitrogens with zero attached hydrogens (tertiary/aromatic N) is 2. The van der Waals surface area contributed by atoms with Crippen molar-refractivity contribution in [1.29, 1.82) is 0 Å². The number of aryl methyl sites for hydroxylation is 1. The van der Waals surface area contributed by atoms with E-state index in [9.17, 15) is 0 Å². The summed E-state index contributed by atoms with van der Waals surface area (Å²) in [6, 6.07) is 10.5. The van der Waals surface area contributed by atoms with Gasteiger partial charge in [-0.15, -0.1) is 0 Å². The van der Waals surface area contributed by atoms with Crippen molar-refractivity contribution in [2.75, 3.05) is 0 Å². The quantitative estimate of drug-likeness (QED) is 0.635. The van der Waals surface area contributed by atoms with E-state index in [0.29, 0.717) is 0 Å². The molecule has 0 unspecified atom stereocenters. The molecule has 2 rings (SSSR count). The number of rotatable bonds is 3. The molecule has 15 heavy (non-hydrogen) atoms. The monoisotopic (exact) mass is 330 g/mol. The molecule has 0 aliphatic carbocycles. The topological polar surface area (TPSA) is 17.8 Å². The largest absolute Gasteiger partial charge is 0.328 e. The van der Waals surface area contributed by atoms with Gasteiger partial charge in [0.05, 0.1) is 0 Å². The fourth-order valence-electron chi connectivity index (χ4n) is 1.27. The van der Waals surface area contributed by atoms with Gasteiger partial charge in [-0.3, -0.25) is 0 Å². The molecule has 1 aromatic heterocycles. The lowest BCUT2D eigenvalue weighted by Gasteiger charge is -2.01. The Balaban J connectivity index is 2.02. The number of imidazole rings is 1. The summed E-state index contributed by atoms with van der Waals surface area (Å²) in [5.74, 6) is 0.974. The second-order valence-electron chi connectivity index (χ2n) is 3.23. The molecule has 2 nitrogen and oxygen atoms in total. The number of hydrogen-bond acceptors (Lipinski definition) is 2. The van der Waals surface area contributed by atoms with Crippen LogP contribution in [0.15, 0.2) is 41.7 Å². The molecule has 0 bridgehead atoms. The maximum absolute atomic E-state index is 4.44. The van der Waals surface area contributed by atoms with Crippen molar-refractivity contribution in [3.8, 4) is 0 Å². The predicted octanol–water partition coefficient (Wildman–Crippen LogP) is 3.32. The summed E-state index contributed by atoms with van der Waals surface area (Å²) < 4.78 is 3.11. The van der Waals surface area contributed by atoms with Crippen LogP contribution in [0.3, 0.4) is 0 Å². The van der Waals surface area contributed by atoms with Gasteiger partial charge < -0.3 is 4.57 Å². The third kappa shape index (κ3) is 2.98. The van der Waals surface area contributed by atoms with Crippen LogP contribution in [0.1, 0.15) is 5.56 Å². The van der Waals surface area contributed by atoms with Crippen LogP contribution in [0, 0.1) is 3.70 Å². The third-order valence-corrected chi connectivity index (χ3v) is 3.65. The second kappa shape index (κ2) is 5.03. The number of benzene rings is 1. The highest BCUT2D eigenvalue weighted by Gasteiger charge is 2.03. The molecule has 0 radical (unpaired) electrons. The fraction of sp³-hybridized carbons (Fsp3) is 0.182. The van der Waals surface area contributed by atoms with Gasteiger partial charge in [0.2, 0.25) is 0 Å². The van der Waals surface area contributed by atoms with Gasteiger partial charge in [-0.25, -0.2) is 4.98 Å². The lowest BCUT2D eigenvalue weighted by molar-refractivity contribution is 0.790. The molecule has 0 atom stereocenters. The Bertz CT molecular complexity index is 439. The molecule has 0 fully saturated rings. The highest BCUT2D eigenvalue weighted by molar-refractivity contribution is 14.1. The first-order valence-electron chi connectivity index (χ1n) is 4.61. The number of hydrogen-bond donors (Lipinski definition) is 0. The molecular formula is C11H11IN2S. The molecule has 1 heterocycles. The average Bonchev–Trinajstić information content (AvgIpc) is 2.56. The molecular weight excluding hydrogens is 319 g/mol. The third-order valence-electron chi connectivity index (χ3n) is 2.02. The molecule has 0 amide bonds. The first-order chi connectivity index (χ1) is 7.25. The van der Waals surface area contributed by atoms with Gasteiger partial charge in [-0.2, -0.15) is 0 Å². The van der Waals surface area contributed by atoms with E-state index in [4.69, 9.17) is 0 Å². The van der Waals surface area contributed by atoms with Crippen LogP contribution in [-0.4, -0.2) is 9.55 Å². The minimum absolute atomic E-state index is 0.974. The zero-order valence-electron chi connectivity index (χ0n) is 8.35. The Morgan fingerprint density at radius 1 is 1.33 bits per heavy atom. The van der Waals surface area contributed by atoms with Crippen molar-refractivity contribution < 1.29 is 0 Å². The van der Waals surface area contributed by atoms with Crippen LogP contribution in [0.25, 0.3) is 0 Å². The standard InChI is InChI=1S/C11H11IN2S/c1-14-7-10(12)13-11(14)15-8-9-5-3-2-4-6-9/h2-7H,8H2,1H3. The molecule has 0 aliphatic rings. The Morgan fingerprint density at radius 2 is 2.07 bits per heavy atom. The van der Waals surface area contributed by atoms with Gasteiger partial charge in [-0.1, -0.05) is 42.1 Å². The van der Waals surface area contributed by atoms with Crippen molar-refractivity contribution in [2.45, 2.75) is 10.9 Å². The Hall–Kier alpha value is -0.490. The molecule has 0 N–H and O–H groups in total. The molecule has 0 saturated carbocycles. The second-order valence-corrected chi connectivity index (χ2v) is 5.28. The van der Waals surface area contributed by atoms with Crippen LogP contribution >= 0.6 is 34.4 Å². The molecule has 0 aliphatic heterocycles. The van der Waals surface area contributed by atoms with Gasteiger partial charge in [0.25, 0.3) is 0 Å². The van der Waals surface area contributed by atoms with Crippen molar-refractivity contribution in [3.63, 3.8) is 0 Å². The zero-order valence-corrected chi connectivity index (χ0v) is 11.3. The van der Waals surface area contributed by atoms with Crippen molar-refractivity contribution >= 4 is 34.4 Å². The summed E-state index contributed by atoms with van der Waals surface area (Å²) >= 11 is 4.00. The van der Waals surface area contributed by atoms with Crippen LogP contribution < -0.4 is 0 Å². The summed E-state index contributed by atoms with van der Waals surface area (Å²) in [5, 5.41) is 1.07. The average molecular weight is 330 g/mol. The normalized spacial score (nSPS) is 10.5. The highest BCUT2D eigenvalue weighted by Crippen LogP contribution is 2.21.